The maximum Gasteiger partial charge on any atom is 0.303 e. The molecular formula is C15H21NO3. The highest BCUT2D eigenvalue weighted by atomic mass is 16.5. The molecule has 3 N–H and O–H groups in total. The number of ether oxygens (including phenoxy) is 1. The zero-order chi connectivity index (χ0) is 13.8. The third kappa shape index (κ3) is 3.26. The van der Waals surface area contributed by atoms with Gasteiger partial charge < -0.3 is 15.6 Å². The maximum absolute atomic E-state index is 10.6. The minimum absolute atomic E-state index is 0.0847. The number of benzene rings is 1. The predicted molar refractivity (Wildman–Crippen MR) is 73.4 cm³/mol. The normalized spacial score (nSPS) is 15.7. The van der Waals surface area contributed by atoms with E-state index in [-0.39, 0.29) is 12.5 Å². The van der Waals surface area contributed by atoms with E-state index in [2.05, 4.69) is 12.1 Å². The number of hydrogen-bond donors (Lipinski definition) is 2. The van der Waals surface area contributed by atoms with Gasteiger partial charge in [-0.15, -0.1) is 0 Å². The molecule has 0 bridgehead atoms. The van der Waals surface area contributed by atoms with Crippen LogP contribution in [0.15, 0.2) is 12.1 Å². The van der Waals surface area contributed by atoms with Crippen molar-refractivity contribution in [3.63, 3.8) is 0 Å². The molecule has 1 unspecified atom stereocenters. The number of fused-ring (bicyclic) bond motifs is 1. The van der Waals surface area contributed by atoms with Gasteiger partial charge in [0.2, 0.25) is 0 Å². The molecule has 19 heavy (non-hydrogen) atoms. The number of aryl methyl sites for hydroxylation is 2. The molecule has 0 radical (unpaired) electrons. The maximum atomic E-state index is 10.6. The van der Waals surface area contributed by atoms with E-state index in [4.69, 9.17) is 15.6 Å². The summed E-state index contributed by atoms with van der Waals surface area (Å²) in [7, 11) is 1.64. The number of carboxylic acid groups (broad SMARTS) is 1. The number of carbonyl (C=O) groups is 1. The second-order valence-corrected chi connectivity index (χ2v) is 5.11. The quantitative estimate of drug-likeness (QED) is 0.855. The van der Waals surface area contributed by atoms with Crippen molar-refractivity contribution in [3.8, 4) is 5.75 Å². The summed E-state index contributed by atoms with van der Waals surface area (Å²) in [6.07, 6.45) is 5.13. The fraction of sp³-hybridized carbons (Fsp3) is 0.533. The van der Waals surface area contributed by atoms with Crippen LogP contribution in [0, 0.1) is 0 Å². The Kier molecular flexibility index (Phi) is 4.43. The number of hydrogen-bond acceptors (Lipinski definition) is 3. The minimum atomic E-state index is -0.813. The zero-order valence-corrected chi connectivity index (χ0v) is 11.3. The van der Waals surface area contributed by atoms with Gasteiger partial charge in [0.1, 0.15) is 5.75 Å². The molecule has 1 aliphatic carbocycles. The zero-order valence-electron chi connectivity index (χ0n) is 11.3. The summed E-state index contributed by atoms with van der Waals surface area (Å²) in [4.78, 5) is 10.6. The number of methoxy groups -OCH3 is 1. The van der Waals surface area contributed by atoms with Crippen molar-refractivity contribution >= 4 is 5.97 Å². The van der Waals surface area contributed by atoms with E-state index in [0.29, 0.717) is 6.42 Å². The highest BCUT2D eigenvalue weighted by molar-refractivity contribution is 5.66. The van der Waals surface area contributed by atoms with Crippen molar-refractivity contribution in [2.75, 3.05) is 7.11 Å². The first kappa shape index (κ1) is 13.9. The molecule has 1 aromatic rings. The van der Waals surface area contributed by atoms with Crippen molar-refractivity contribution in [2.24, 2.45) is 5.73 Å². The van der Waals surface area contributed by atoms with Gasteiger partial charge in [-0.1, -0.05) is 6.07 Å². The third-order valence-corrected chi connectivity index (χ3v) is 3.76. The number of carboxylic acids is 1. The summed E-state index contributed by atoms with van der Waals surface area (Å²) in [6.45, 7) is 0. The summed E-state index contributed by atoms with van der Waals surface area (Å²) >= 11 is 0. The van der Waals surface area contributed by atoms with E-state index < -0.39 is 5.97 Å². The number of nitrogens with two attached hydrogens (primary N) is 1. The summed E-state index contributed by atoms with van der Waals surface area (Å²) in [5.41, 5.74) is 9.73. The van der Waals surface area contributed by atoms with E-state index in [1.54, 1.807) is 7.11 Å². The Hall–Kier alpha value is -1.55. The van der Waals surface area contributed by atoms with Gasteiger partial charge in [-0.2, -0.15) is 0 Å². The van der Waals surface area contributed by atoms with Crippen molar-refractivity contribution in [1.29, 1.82) is 0 Å². The SMILES string of the molecule is COc1cc2c(cc1C(N)CCC(=O)O)CCCC2. The molecule has 4 heteroatoms. The van der Waals surface area contributed by atoms with Crippen molar-refractivity contribution < 1.29 is 14.6 Å². The van der Waals surface area contributed by atoms with Gasteiger partial charge >= 0.3 is 5.97 Å². The Bertz CT molecular complexity index is 471. The number of rotatable bonds is 5. The van der Waals surface area contributed by atoms with Crippen LogP contribution in [0.1, 0.15) is 48.4 Å². The van der Waals surface area contributed by atoms with Crippen LogP contribution in [0.25, 0.3) is 0 Å². The molecule has 1 atom stereocenters. The Morgan fingerprint density at radius 1 is 1.37 bits per heavy atom. The van der Waals surface area contributed by atoms with Gasteiger partial charge in [-0.25, -0.2) is 0 Å². The van der Waals surface area contributed by atoms with Crippen LogP contribution in [0.2, 0.25) is 0 Å². The fourth-order valence-electron chi connectivity index (χ4n) is 2.68. The van der Waals surface area contributed by atoms with Crippen LogP contribution in [0.5, 0.6) is 5.75 Å². The number of aliphatic carboxylic acids is 1. The molecule has 0 saturated carbocycles. The minimum Gasteiger partial charge on any atom is -0.496 e. The molecule has 0 spiro atoms. The Morgan fingerprint density at radius 2 is 2.00 bits per heavy atom. The van der Waals surface area contributed by atoms with Crippen LogP contribution in [0.3, 0.4) is 0 Å². The largest absolute Gasteiger partial charge is 0.496 e. The standard InChI is InChI=1S/C15H21NO3/c1-19-14-9-11-5-3-2-4-10(11)8-12(14)13(16)6-7-15(17)18/h8-9,13H,2-7,16H2,1H3,(H,17,18). The highest BCUT2D eigenvalue weighted by Crippen LogP contribution is 2.33. The average Bonchev–Trinajstić information content (AvgIpc) is 2.43. The van der Waals surface area contributed by atoms with Gasteiger partial charge in [-0.05, 0) is 49.3 Å². The predicted octanol–water partition coefficient (Wildman–Crippen LogP) is 2.44. The molecule has 0 amide bonds. The fourth-order valence-corrected chi connectivity index (χ4v) is 2.68. The highest BCUT2D eigenvalue weighted by Gasteiger charge is 2.18. The van der Waals surface area contributed by atoms with Crippen molar-refractivity contribution in [2.45, 2.75) is 44.6 Å². The summed E-state index contributed by atoms with van der Waals surface area (Å²) in [5, 5.41) is 8.74. The van der Waals surface area contributed by atoms with Crippen LogP contribution in [-0.4, -0.2) is 18.2 Å². The second kappa shape index (κ2) is 6.06. The Balaban J connectivity index is 2.25. The molecule has 104 valence electrons. The van der Waals surface area contributed by atoms with E-state index >= 15 is 0 Å². The molecule has 1 aromatic carbocycles. The molecule has 0 aliphatic heterocycles. The van der Waals surface area contributed by atoms with Gasteiger partial charge in [0.15, 0.2) is 0 Å². The third-order valence-electron chi connectivity index (χ3n) is 3.76. The lowest BCUT2D eigenvalue weighted by Crippen LogP contribution is -2.15. The first-order valence-corrected chi connectivity index (χ1v) is 6.79. The van der Waals surface area contributed by atoms with Gasteiger partial charge in [0.25, 0.3) is 0 Å². The summed E-state index contributed by atoms with van der Waals surface area (Å²) < 4.78 is 5.41. The van der Waals surface area contributed by atoms with Crippen LogP contribution < -0.4 is 10.5 Å². The van der Waals surface area contributed by atoms with Gasteiger partial charge in [-0.3, -0.25) is 4.79 Å². The Labute approximate surface area is 113 Å². The molecule has 0 heterocycles. The lowest BCUT2D eigenvalue weighted by atomic mass is 9.88. The summed E-state index contributed by atoms with van der Waals surface area (Å²) in [6, 6.07) is 3.91. The van der Waals surface area contributed by atoms with Gasteiger partial charge in [0, 0.05) is 18.0 Å². The van der Waals surface area contributed by atoms with E-state index in [0.717, 1.165) is 24.2 Å². The molecule has 0 aromatic heterocycles. The molecule has 0 fully saturated rings. The summed E-state index contributed by atoms with van der Waals surface area (Å²) in [5.74, 6) is -0.0223. The molecule has 2 rings (SSSR count). The van der Waals surface area contributed by atoms with Crippen molar-refractivity contribution in [1.82, 2.24) is 0 Å². The average molecular weight is 263 g/mol. The lowest BCUT2D eigenvalue weighted by Gasteiger charge is -2.22. The van der Waals surface area contributed by atoms with E-state index in [1.807, 2.05) is 0 Å². The van der Waals surface area contributed by atoms with Crippen LogP contribution >= 0.6 is 0 Å². The molecule has 4 nitrogen and oxygen atoms in total. The monoisotopic (exact) mass is 263 g/mol. The Morgan fingerprint density at radius 3 is 2.58 bits per heavy atom. The molecule has 0 saturated heterocycles. The topological polar surface area (TPSA) is 72.5 Å². The first-order chi connectivity index (χ1) is 9.11. The molecule has 1 aliphatic rings. The first-order valence-electron chi connectivity index (χ1n) is 6.79. The second-order valence-electron chi connectivity index (χ2n) is 5.11. The van der Waals surface area contributed by atoms with Crippen LogP contribution in [0.4, 0.5) is 0 Å². The van der Waals surface area contributed by atoms with E-state index in [1.165, 1.54) is 24.0 Å². The van der Waals surface area contributed by atoms with Gasteiger partial charge in [0.05, 0.1) is 7.11 Å². The van der Waals surface area contributed by atoms with Crippen molar-refractivity contribution in [3.05, 3.63) is 28.8 Å². The lowest BCUT2D eigenvalue weighted by molar-refractivity contribution is -0.137. The molecular weight excluding hydrogens is 242 g/mol. The van der Waals surface area contributed by atoms with Crippen LogP contribution in [-0.2, 0) is 17.6 Å². The smallest absolute Gasteiger partial charge is 0.303 e. The van der Waals surface area contributed by atoms with E-state index in [9.17, 15) is 4.79 Å².